The number of thiocarbonyl (C=S) groups is 1. The molecule has 3 heteroatoms. The minimum Gasteiger partial charge on any atom is -0.504 e. The zero-order valence-electron chi connectivity index (χ0n) is 5.31. The van der Waals surface area contributed by atoms with Gasteiger partial charge in [-0.25, -0.2) is 0 Å². The second kappa shape index (κ2) is 2.82. The molecule has 1 aliphatic rings. The topological polar surface area (TPSA) is 21.3 Å². The molecule has 0 atom stereocenters. The van der Waals surface area contributed by atoms with Crippen molar-refractivity contribution in [3.63, 3.8) is 0 Å². The average molecular weight is 143 g/mol. The first-order chi connectivity index (χ1) is 4.34. The highest BCUT2D eigenvalue weighted by Crippen LogP contribution is 2.08. The maximum Gasteiger partial charge on any atom is 0.105 e. The summed E-state index contributed by atoms with van der Waals surface area (Å²) >= 11 is 4.95. The van der Waals surface area contributed by atoms with Gasteiger partial charge in [0.25, 0.3) is 0 Å². The average Bonchev–Trinajstić information content (AvgIpc) is 2.18. The van der Waals surface area contributed by atoms with Gasteiger partial charge in [0.2, 0.25) is 0 Å². The molecule has 2 nitrogen and oxygen atoms in total. The van der Waals surface area contributed by atoms with E-state index >= 15 is 0 Å². The Labute approximate surface area is 59.9 Å². The zero-order chi connectivity index (χ0) is 6.69. The van der Waals surface area contributed by atoms with E-state index in [1.807, 2.05) is 0 Å². The summed E-state index contributed by atoms with van der Waals surface area (Å²) in [4.78, 5) is 0.830. The minimum atomic E-state index is 0.830. The van der Waals surface area contributed by atoms with Crippen molar-refractivity contribution in [3.8, 4) is 0 Å². The number of hydrogen-bond donors (Lipinski definition) is 1. The van der Waals surface area contributed by atoms with Crippen molar-refractivity contribution in [1.82, 2.24) is 5.32 Å². The fourth-order valence-electron chi connectivity index (χ4n) is 0.792. The Hall–Kier alpha value is -0.570. The third-order valence-electron chi connectivity index (χ3n) is 1.23. The molecule has 0 aromatic carbocycles. The van der Waals surface area contributed by atoms with Gasteiger partial charge in [0.05, 0.1) is 13.4 Å². The molecule has 0 spiro atoms. The van der Waals surface area contributed by atoms with Crippen LogP contribution in [0.5, 0.6) is 0 Å². The minimum absolute atomic E-state index is 0.830. The monoisotopic (exact) mass is 143 g/mol. The van der Waals surface area contributed by atoms with Gasteiger partial charge >= 0.3 is 0 Å². The molecular weight excluding hydrogens is 134 g/mol. The summed E-state index contributed by atoms with van der Waals surface area (Å²) in [5, 5.41) is 3.04. The maximum absolute atomic E-state index is 4.95. The van der Waals surface area contributed by atoms with Crippen molar-refractivity contribution in [2.45, 2.75) is 6.42 Å². The Balaban J connectivity index is 2.59. The van der Waals surface area contributed by atoms with E-state index in [-0.39, 0.29) is 0 Å². The summed E-state index contributed by atoms with van der Waals surface area (Å²) in [6.45, 7) is 0.952. The van der Waals surface area contributed by atoms with E-state index in [9.17, 15) is 0 Å². The van der Waals surface area contributed by atoms with Gasteiger partial charge in [0, 0.05) is 12.1 Å². The second-order valence-corrected chi connectivity index (χ2v) is 2.29. The molecular formula is C6H9NOS. The van der Waals surface area contributed by atoms with Crippen LogP contribution in [0.25, 0.3) is 0 Å². The molecule has 0 aliphatic carbocycles. The van der Waals surface area contributed by atoms with Crippen LogP contribution in [0.4, 0.5) is 0 Å². The first-order valence-corrected chi connectivity index (χ1v) is 3.25. The largest absolute Gasteiger partial charge is 0.504 e. The normalized spacial score (nSPS) is 22.3. The van der Waals surface area contributed by atoms with E-state index in [2.05, 4.69) is 5.32 Å². The molecule has 9 heavy (non-hydrogen) atoms. The van der Waals surface area contributed by atoms with Crippen LogP contribution in [0.2, 0.25) is 0 Å². The highest BCUT2D eigenvalue weighted by atomic mass is 32.1. The lowest BCUT2D eigenvalue weighted by atomic mass is 10.3. The summed E-state index contributed by atoms with van der Waals surface area (Å²) in [5.41, 5.74) is 1.10. The molecule has 1 saturated heterocycles. The van der Waals surface area contributed by atoms with Crippen LogP contribution >= 0.6 is 12.2 Å². The Morgan fingerprint density at radius 1 is 1.78 bits per heavy atom. The van der Waals surface area contributed by atoms with Gasteiger partial charge in [-0.1, -0.05) is 12.2 Å². The Morgan fingerprint density at radius 2 is 2.56 bits per heavy atom. The summed E-state index contributed by atoms with van der Waals surface area (Å²) in [7, 11) is 1.63. The van der Waals surface area contributed by atoms with Gasteiger partial charge in [-0.3, -0.25) is 0 Å². The van der Waals surface area contributed by atoms with Crippen molar-refractivity contribution in [2.24, 2.45) is 0 Å². The Kier molecular flexibility index (Phi) is 2.05. The van der Waals surface area contributed by atoms with Crippen LogP contribution in [0.1, 0.15) is 6.42 Å². The van der Waals surface area contributed by atoms with Crippen molar-refractivity contribution < 1.29 is 4.74 Å². The van der Waals surface area contributed by atoms with E-state index in [1.54, 1.807) is 13.4 Å². The third-order valence-corrected chi connectivity index (χ3v) is 1.64. The van der Waals surface area contributed by atoms with Gasteiger partial charge < -0.3 is 10.1 Å². The molecule has 0 unspecified atom stereocenters. The smallest absolute Gasteiger partial charge is 0.105 e. The molecule has 0 aromatic heterocycles. The van der Waals surface area contributed by atoms with E-state index in [4.69, 9.17) is 17.0 Å². The number of hydrogen-bond acceptors (Lipinski definition) is 2. The molecule has 0 radical (unpaired) electrons. The van der Waals surface area contributed by atoms with E-state index in [1.165, 1.54) is 0 Å². The first-order valence-electron chi connectivity index (χ1n) is 2.84. The molecule has 1 fully saturated rings. The molecule has 0 amide bonds. The Morgan fingerprint density at radius 3 is 3.00 bits per heavy atom. The maximum atomic E-state index is 4.95. The van der Waals surface area contributed by atoms with Crippen LogP contribution < -0.4 is 5.32 Å². The Bertz CT molecular complexity index is 153. The number of rotatable bonds is 1. The molecule has 0 saturated carbocycles. The van der Waals surface area contributed by atoms with Crippen molar-refractivity contribution in [1.29, 1.82) is 0 Å². The molecule has 0 bridgehead atoms. The summed E-state index contributed by atoms with van der Waals surface area (Å²) in [6, 6.07) is 0. The number of methoxy groups -OCH3 is 1. The van der Waals surface area contributed by atoms with Crippen molar-refractivity contribution in [3.05, 3.63) is 11.8 Å². The van der Waals surface area contributed by atoms with Crippen molar-refractivity contribution >= 4 is 17.2 Å². The van der Waals surface area contributed by atoms with Gasteiger partial charge in [-0.15, -0.1) is 0 Å². The van der Waals surface area contributed by atoms with Gasteiger partial charge in [-0.2, -0.15) is 0 Å². The summed E-state index contributed by atoms with van der Waals surface area (Å²) in [6.07, 6.45) is 2.69. The molecule has 1 heterocycles. The lowest BCUT2D eigenvalue weighted by molar-refractivity contribution is 0.335. The van der Waals surface area contributed by atoms with Gasteiger partial charge in [-0.05, 0) is 6.42 Å². The summed E-state index contributed by atoms with van der Waals surface area (Å²) in [5.74, 6) is 0. The molecule has 1 N–H and O–H groups in total. The summed E-state index contributed by atoms with van der Waals surface area (Å²) < 4.78 is 4.81. The first kappa shape index (κ1) is 6.55. The fourth-order valence-corrected chi connectivity index (χ4v) is 1.04. The van der Waals surface area contributed by atoms with Crippen LogP contribution in [-0.4, -0.2) is 18.6 Å². The quantitative estimate of drug-likeness (QED) is 0.334. The predicted molar refractivity (Wildman–Crippen MR) is 40.3 cm³/mol. The van der Waals surface area contributed by atoms with Crippen molar-refractivity contribution in [2.75, 3.05) is 13.7 Å². The number of ether oxygens (including phenoxy) is 1. The molecule has 0 aromatic rings. The molecule has 1 aliphatic heterocycles. The highest BCUT2D eigenvalue weighted by molar-refractivity contribution is 7.80. The van der Waals surface area contributed by atoms with E-state index in [0.29, 0.717) is 0 Å². The number of nitrogens with one attached hydrogen (secondary N) is 1. The second-order valence-electron chi connectivity index (χ2n) is 1.88. The highest BCUT2D eigenvalue weighted by Gasteiger charge is 2.11. The fraction of sp³-hybridized carbons (Fsp3) is 0.500. The van der Waals surface area contributed by atoms with Crippen LogP contribution in [0.15, 0.2) is 11.8 Å². The van der Waals surface area contributed by atoms with E-state index < -0.39 is 0 Å². The van der Waals surface area contributed by atoms with Gasteiger partial charge in [0.1, 0.15) is 4.99 Å². The standard InChI is InChI=1S/C6H9NOS/c1-8-4-5-2-3-7-6(5)9/h4H,2-3H2,1H3,(H,7,9)/b5-4+. The molecule has 50 valence electrons. The third kappa shape index (κ3) is 1.42. The lowest BCUT2D eigenvalue weighted by Gasteiger charge is -1.93. The van der Waals surface area contributed by atoms with Crippen LogP contribution in [0, 0.1) is 0 Å². The predicted octanol–water partition coefficient (Wildman–Crippen LogP) is 0.837. The van der Waals surface area contributed by atoms with E-state index in [0.717, 1.165) is 23.5 Å². The van der Waals surface area contributed by atoms with Crippen LogP contribution in [-0.2, 0) is 4.74 Å². The van der Waals surface area contributed by atoms with Crippen LogP contribution in [0.3, 0.4) is 0 Å². The zero-order valence-corrected chi connectivity index (χ0v) is 6.12. The molecule has 1 rings (SSSR count). The van der Waals surface area contributed by atoms with Gasteiger partial charge in [0.15, 0.2) is 0 Å². The SMILES string of the molecule is CO/C=C1\CCNC1=S. The lowest BCUT2D eigenvalue weighted by Crippen LogP contribution is -2.11.